The maximum atomic E-state index is 12.4. The highest BCUT2D eigenvalue weighted by atomic mass is 16.3. The molecule has 0 spiro atoms. The van der Waals surface area contributed by atoms with Crippen LogP contribution < -0.4 is 5.32 Å². The Morgan fingerprint density at radius 1 is 0.460 bits per heavy atom. The summed E-state index contributed by atoms with van der Waals surface area (Å²) in [6.07, 6.45) is 53.3. The molecule has 0 saturated heterocycles. The van der Waals surface area contributed by atoms with Crippen LogP contribution in [0.25, 0.3) is 0 Å². The highest BCUT2D eigenvalue weighted by Crippen LogP contribution is 2.16. The minimum absolute atomic E-state index is 0.0593. The fourth-order valence-corrected chi connectivity index (χ4v) is 7.24. The zero-order valence-corrected chi connectivity index (χ0v) is 34.2. The van der Waals surface area contributed by atoms with Crippen molar-refractivity contribution in [3.63, 3.8) is 0 Å². The smallest absolute Gasteiger partial charge is 0.220 e. The fraction of sp³-hybridized carbons (Fsp3) is 0.935. The predicted molar refractivity (Wildman–Crippen MR) is 221 cm³/mol. The molecular weight excluding hydrogens is 615 g/mol. The van der Waals surface area contributed by atoms with Gasteiger partial charge in [0.05, 0.1) is 18.8 Å². The first-order valence-electron chi connectivity index (χ1n) is 22.9. The van der Waals surface area contributed by atoms with Gasteiger partial charge in [0, 0.05) is 6.42 Å². The molecule has 2 atom stereocenters. The van der Waals surface area contributed by atoms with Crippen molar-refractivity contribution in [3.8, 4) is 0 Å². The first-order valence-corrected chi connectivity index (χ1v) is 22.9. The molecule has 0 aliphatic heterocycles. The highest BCUT2D eigenvalue weighted by molar-refractivity contribution is 5.76. The molecule has 0 aromatic heterocycles. The van der Waals surface area contributed by atoms with Crippen LogP contribution in [-0.4, -0.2) is 34.9 Å². The molecule has 3 N–H and O–H groups in total. The number of unbranched alkanes of at least 4 members (excludes halogenated alkanes) is 35. The van der Waals surface area contributed by atoms with Gasteiger partial charge in [0.1, 0.15) is 0 Å². The first kappa shape index (κ1) is 49.1. The lowest BCUT2D eigenvalue weighted by Gasteiger charge is -2.20. The topological polar surface area (TPSA) is 69.6 Å². The summed E-state index contributed by atoms with van der Waals surface area (Å²) in [6.45, 7) is 4.33. The summed E-state index contributed by atoms with van der Waals surface area (Å²) in [5, 5.41) is 23.0. The number of amides is 1. The third-order valence-corrected chi connectivity index (χ3v) is 10.8. The van der Waals surface area contributed by atoms with Crippen LogP contribution in [0.1, 0.15) is 258 Å². The van der Waals surface area contributed by atoms with Gasteiger partial charge in [0.15, 0.2) is 0 Å². The summed E-state index contributed by atoms with van der Waals surface area (Å²) in [7, 11) is 0. The van der Waals surface area contributed by atoms with E-state index in [1.807, 2.05) is 6.08 Å². The monoisotopic (exact) mass is 706 g/mol. The van der Waals surface area contributed by atoms with E-state index in [1.165, 1.54) is 212 Å². The van der Waals surface area contributed by atoms with Crippen LogP contribution in [0.4, 0.5) is 0 Å². The molecule has 298 valence electrons. The Bertz CT molecular complexity index is 680. The van der Waals surface area contributed by atoms with E-state index in [4.69, 9.17) is 0 Å². The Kier molecular flexibility index (Phi) is 41.8. The molecule has 0 saturated carbocycles. The molecule has 1 amide bonds. The Labute approximate surface area is 314 Å². The Hall–Kier alpha value is -0.870. The molecule has 0 heterocycles. The summed E-state index contributed by atoms with van der Waals surface area (Å²) in [5.41, 5.74) is 0. The van der Waals surface area contributed by atoms with E-state index in [2.05, 4.69) is 19.2 Å². The van der Waals surface area contributed by atoms with Gasteiger partial charge in [-0.2, -0.15) is 0 Å². The number of carbonyl (C=O) groups excluding carboxylic acids is 1. The van der Waals surface area contributed by atoms with Crippen LogP contribution in [0.5, 0.6) is 0 Å². The first-order chi connectivity index (χ1) is 24.7. The van der Waals surface area contributed by atoms with Gasteiger partial charge in [-0.3, -0.25) is 4.79 Å². The van der Waals surface area contributed by atoms with E-state index >= 15 is 0 Å². The molecule has 0 bridgehead atoms. The number of aliphatic hydroxyl groups excluding tert-OH is 2. The maximum Gasteiger partial charge on any atom is 0.220 e. The molecule has 0 rings (SSSR count). The molecule has 0 aliphatic carbocycles. The van der Waals surface area contributed by atoms with Crippen LogP contribution in [0.15, 0.2) is 12.2 Å². The number of carbonyl (C=O) groups is 1. The lowest BCUT2D eigenvalue weighted by molar-refractivity contribution is -0.123. The largest absolute Gasteiger partial charge is 0.394 e. The Morgan fingerprint density at radius 2 is 0.740 bits per heavy atom. The van der Waals surface area contributed by atoms with E-state index in [-0.39, 0.29) is 12.5 Å². The second-order valence-corrected chi connectivity index (χ2v) is 15.8. The number of hydrogen-bond acceptors (Lipinski definition) is 3. The summed E-state index contributed by atoms with van der Waals surface area (Å²) in [5.74, 6) is -0.0593. The van der Waals surface area contributed by atoms with Crippen molar-refractivity contribution >= 4 is 5.91 Å². The molecule has 4 heteroatoms. The van der Waals surface area contributed by atoms with Crippen molar-refractivity contribution in [2.75, 3.05) is 6.61 Å². The number of hydrogen-bond donors (Lipinski definition) is 3. The number of rotatable bonds is 42. The van der Waals surface area contributed by atoms with Gasteiger partial charge < -0.3 is 15.5 Å². The van der Waals surface area contributed by atoms with Crippen molar-refractivity contribution in [2.24, 2.45) is 0 Å². The fourth-order valence-electron chi connectivity index (χ4n) is 7.24. The zero-order valence-electron chi connectivity index (χ0n) is 34.2. The highest BCUT2D eigenvalue weighted by Gasteiger charge is 2.17. The van der Waals surface area contributed by atoms with Gasteiger partial charge in [-0.1, -0.05) is 244 Å². The summed E-state index contributed by atoms with van der Waals surface area (Å²) >= 11 is 0. The van der Waals surface area contributed by atoms with E-state index in [0.29, 0.717) is 6.42 Å². The normalized spacial score (nSPS) is 13.0. The van der Waals surface area contributed by atoms with Crippen molar-refractivity contribution < 1.29 is 15.0 Å². The Balaban J connectivity index is 3.51. The molecule has 0 aromatic carbocycles. The molecule has 0 aliphatic rings. The molecule has 4 nitrogen and oxygen atoms in total. The van der Waals surface area contributed by atoms with Crippen LogP contribution in [0.3, 0.4) is 0 Å². The molecular formula is C46H91NO3. The quantitative estimate of drug-likeness (QED) is 0.0437. The van der Waals surface area contributed by atoms with Crippen LogP contribution in [-0.2, 0) is 4.79 Å². The lowest BCUT2D eigenvalue weighted by atomic mass is 10.0. The standard InChI is InChI=1S/C46H91NO3/c1-3-5-7-9-11-13-15-17-19-21-22-23-24-25-26-27-29-31-33-35-37-39-41-45(49)44(43-48)47-46(50)42-40-38-36-34-32-30-28-20-18-16-14-12-10-8-6-4-2/h39,41,44-45,48-49H,3-38,40,42-43H2,1-2H3,(H,47,50)/b41-39+. The molecule has 0 radical (unpaired) electrons. The van der Waals surface area contributed by atoms with Gasteiger partial charge in [0.25, 0.3) is 0 Å². The minimum atomic E-state index is -0.833. The van der Waals surface area contributed by atoms with Crippen molar-refractivity contribution in [1.82, 2.24) is 5.32 Å². The van der Waals surface area contributed by atoms with Gasteiger partial charge in [-0.25, -0.2) is 0 Å². The SMILES string of the molecule is CCCCCCCCCCCCCCCCCCCCCC/C=C/C(O)C(CO)NC(=O)CCCCCCCCCCCCCCCCCC. The second kappa shape index (κ2) is 42.5. The van der Waals surface area contributed by atoms with E-state index in [0.717, 1.165) is 25.7 Å². The average molecular weight is 706 g/mol. The van der Waals surface area contributed by atoms with E-state index in [1.54, 1.807) is 6.08 Å². The second-order valence-electron chi connectivity index (χ2n) is 15.8. The van der Waals surface area contributed by atoms with Crippen LogP contribution in [0.2, 0.25) is 0 Å². The van der Waals surface area contributed by atoms with Gasteiger partial charge in [-0.15, -0.1) is 0 Å². The van der Waals surface area contributed by atoms with Crippen molar-refractivity contribution in [3.05, 3.63) is 12.2 Å². The molecule has 2 unspecified atom stereocenters. The zero-order chi connectivity index (χ0) is 36.4. The van der Waals surface area contributed by atoms with Crippen molar-refractivity contribution in [2.45, 2.75) is 270 Å². The third-order valence-electron chi connectivity index (χ3n) is 10.8. The predicted octanol–water partition coefficient (Wildman–Crippen LogP) is 14.2. The Morgan fingerprint density at radius 3 is 1.04 bits per heavy atom. The number of allylic oxidation sites excluding steroid dienone is 1. The van der Waals surface area contributed by atoms with E-state index < -0.39 is 12.1 Å². The molecule has 50 heavy (non-hydrogen) atoms. The number of aliphatic hydroxyl groups is 2. The van der Waals surface area contributed by atoms with Gasteiger partial charge in [0.2, 0.25) is 5.91 Å². The summed E-state index contributed by atoms with van der Waals surface area (Å²) in [4.78, 5) is 12.4. The van der Waals surface area contributed by atoms with Crippen molar-refractivity contribution in [1.29, 1.82) is 0 Å². The average Bonchev–Trinajstić information content (AvgIpc) is 3.12. The van der Waals surface area contributed by atoms with Crippen LogP contribution in [0, 0.1) is 0 Å². The minimum Gasteiger partial charge on any atom is -0.394 e. The molecule has 0 aromatic rings. The van der Waals surface area contributed by atoms with E-state index in [9.17, 15) is 15.0 Å². The maximum absolute atomic E-state index is 12.4. The third kappa shape index (κ3) is 38.4. The summed E-state index contributed by atoms with van der Waals surface area (Å²) in [6, 6.07) is -0.616. The lowest BCUT2D eigenvalue weighted by Crippen LogP contribution is -2.45. The number of nitrogens with one attached hydrogen (secondary N) is 1. The van der Waals surface area contributed by atoms with Gasteiger partial charge >= 0.3 is 0 Å². The molecule has 0 fully saturated rings. The summed E-state index contributed by atoms with van der Waals surface area (Å²) < 4.78 is 0. The van der Waals surface area contributed by atoms with Gasteiger partial charge in [-0.05, 0) is 19.3 Å². The van der Waals surface area contributed by atoms with Crippen LogP contribution >= 0.6 is 0 Å².